The van der Waals surface area contributed by atoms with Crippen LogP contribution in [0.25, 0.3) is 0 Å². The van der Waals surface area contributed by atoms with Crippen molar-refractivity contribution in [3.8, 4) is 17.2 Å². The summed E-state index contributed by atoms with van der Waals surface area (Å²) in [5, 5.41) is 3.07. The summed E-state index contributed by atoms with van der Waals surface area (Å²) in [4.78, 5) is 27.0. The highest BCUT2D eigenvalue weighted by molar-refractivity contribution is 5.95. The Morgan fingerprint density at radius 2 is 1.72 bits per heavy atom. The molecule has 1 N–H and O–H groups in total. The molecule has 32 heavy (non-hydrogen) atoms. The summed E-state index contributed by atoms with van der Waals surface area (Å²) >= 11 is 0. The molecule has 0 atom stereocenters. The normalized spacial score (nSPS) is 14.0. The van der Waals surface area contributed by atoms with Crippen LogP contribution in [0, 0.1) is 6.92 Å². The van der Waals surface area contributed by atoms with E-state index in [4.69, 9.17) is 14.2 Å². The van der Waals surface area contributed by atoms with Gasteiger partial charge in [-0.1, -0.05) is 18.2 Å². The van der Waals surface area contributed by atoms with Crippen molar-refractivity contribution < 1.29 is 23.8 Å². The number of aryl methyl sites for hydroxylation is 1. The van der Waals surface area contributed by atoms with Gasteiger partial charge >= 0.3 is 0 Å². The van der Waals surface area contributed by atoms with Gasteiger partial charge in [0, 0.05) is 31.1 Å². The lowest BCUT2D eigenvalue weighted by atomic mass is 10.0. The molecule has 2 aromatic carbocycles. The Bertz CT molecular complexity index is 922. The molecule has 2 aromatic rings. The predicted octanol–water partition coefficient (Wildman–Crippen LogP) is 3.59. The Kier molecular flexibility index (Phi) is 8.36. The number of piperidine rings is 1. The van der Waals surface area contributed by atoms with Crippen molar-refractivity contribution in [3.63, 3.8) is 0 Å². The van der Waals surface area contributed by atoms with E-state index in [0.717, 1.165) is 24.2 Å². The number of nitrogens with zero attached hydrogens (tertiary/aromatic N) is 1. The van der Waals surface area contributed by atoms with Crippen molar-refractivity contribution in [1.29, 1.82) is 0 Å². The molecule has 1 saturated heterocycles. The number of carbonyl (C=O) groups excluding carboxylic acids is 2. The van der Waals surface area contributed by atoms with E-state index in [9.17, 15) is 9.59 Å². The second-order valence-electron chi connectivity index (χ2n) is 7.92. The molecule has 0 bridgehead atoms. The van der Waals surface area contributed by atoms with Gasteiger partial charge in [0.15, 0.2) is 11.5 Å². The Balaban J connectivity index is 1.39. The molecule has 0 saturated carbocycles. The van der Waals surface area contributed by atoms with Gasteiger partial charge in [0.2, 0.25) is 5.91 Å². The van der Waals surface area contributed by atoms with E-state index in [1.54, 1.807) is 32.4 Å². The zero-order valence-electron chi connectivity index (χ0n) is 19.1. The first-order valence-corrected chi connectivity index (χ1v) is 11.0. The maximum absolute atomic E-state index is 12.6. The fourth-order valence-electron chi connectivity index (χ4n) is 3.80. The minimum atomic E-state index is -0.149. The highest BCUT2D eigenvalue weighted by Crippen LogP contribution is 2.27. The zero-order valence-corrected chi connectivity index (χ0v) is 19.1. The lowest BCUT2D eigenvalue weighted by molar-refractivity contribution is -0.132. The third-order valence-electron chi connectivity index (χ3n) is 5.71. The van der Waals surface area contributed by atoms with Crippen LogP contribution in [0.2, 0.25) is 0 Å². The first-order chi connectivity index (χ1) is 15.5. The number of ether oxygens (including phenoxy) is 3. The number of carbonyl (C=O) groups is 2. The van der Waals surface area contributed by atoms with Crippen LogP contribution in [0.15, 0.2) is 42.5 Å². The summed E-state index contributed by atoms with van der Waals surface area (Å²) in [6.45, 7) is 3.83. The van der Waals surface area contributed by atoms with Gasteiger partial charge in [-0.15, -0.1) is 0 Å². The lowest BCUT2D eigenvalue weighted by Crippen LogP contribution is -2.46. The molecule has 1 aliphatic heterocycles. The summed E-state index contributed by atoms with van der Waals surface area (Å²) in [5.41, 5.74) is 1.62. The maximum atomic E-state index is 12.6. The van der Waals surface area contributed by atoms with E-state index in [-0.39, 0.29) is 17.9 Å². The second-order valence-corrected chi connectivity index (χ2v) is 7.92. The SMILES string of the molecule is COc1ccc(C(=O)NC2CCN(C(=O)CCCOc3ccccc3C)CC2)cc1OC. The molecule has 0 spiro atoms. The van der Waals surface area contributed by atoms with Crippen molar-refractivity contribution in [1.82, 2.24) is 10.2 Å². The summed E-state index contributed by atoms with van der Waals surface area (Å²) in [7, 11) is 3.10. The predicted molar refractivity (Wildman–Crippen MR) is 123 cm³/mol. The van der Waals surface area contributed by atoms with Crippen molar-refractivity contribution in [2.24, 2.45) is 0 Å². The molecular weight excluding hydrogens is 408 g/mol. The third kappa shape index (κ3) is 6.15. The van der Waals surface area contributed by atoms with E-state index in [2.05, 4.69) is 5.32 Å². The smallest absolute Gasteiger partial charge is 0.251 e. The molecular formula is C25H32N2O5. The van der Waals surface area contributed by atoms with E-state index in [1.807, 2.05) is 36.1 Å². The van der Waals surface area contributed by atoms with Crippen LogP contribution >= 0.6 is 0 Å². The molecule has 0 aromatic heterocycles. The molecule has 0 unspecified atom stereocenters. The average Bonchev–Trinajstić information content (AvgIpc) is 2.82. The Morgan fingerprint density at radius 1 is 1.00 bits per heavy atom. The van der Waals surface area contributed by atoms with Crippen molar-refractivity contribution >= 4 is 11.8 Å². The van der Waals surface area contributed by atoms with Gasteiger partial charge in [-0.25, -0.2) is 0 Å². The zero-order chi connectivity index (χ0) is 22.9. The molecule has 7 heteroatoms. The van der Waals surface area contributed by atoms with Gasteiger partial charge in [-0.05, 0) is 56.0 Å². The third-order valence-corrected chi connectivity index (χ3v) is 5.71. The molecule has 1 fully saturated rings. The Hall–Kier alpha value is -3.22. The molecule has 3 rings (SSSR count). The fraction of sp³-hybridized carbons (Fsp3) is 0.440. The molecule has 0 radical (unpaired) electrons. The van der Waals surface area contributed by atoms with E-state index >= 15 is 0 Å². The average molecular weight is 441 g/mol. The van der Waals surface area contributed by atoms with Gasteiger partial charge in [0.05, 0.1) is 20.8 Å². The van der Waals surface area contributed by atoms with Gasteiger partial charge < -0.3 is 24.4 Å². The molecule has 7 nitrogen and oxygen atoms in total. The number of amides is 2. The topological polar surface area (TPSA) is 77.1 Å². The van der Waals surface area contributed by atoms with E-state index in [1.165, 1.54) is 0 Å². The van der Waals surface area contributed by atoms with Crippen molar-refractivity contribution in [3.05, 3.63) is 53.6 Å². The van der Waals surface area contributed by atoms with E-state index in [0.29, 0.717) is 49.6 Å². The van der Waals surface area contributed by atoms with Crippen LogP contribution in [0.1, 0.15) is 41.6 Å². The van der Waals surface area contributed by atoms with Crippen LogP contribution in [0.4, 0.5) is 0 Å². The van der Waals surface area contributed by atoms with Crippen molar-refractivity contribution in [2.45, 2.75) is 38.6 Å². The molecule has 1 aliphatic rings. The summed E-state index contributed by atoms with van der Waals surface area (Å²) < 4.78 is 16.3. The molecule has 0 aliphatic carbocycles. The Labute approximate surface area is 189 Å². The van der Waals surface area contributed by atoms with Crippen molar-refractivity contribution in [2.75, 3.05) is 33.9 Å². The standard InChI is InChI=1S/C25H32N2O5/c1-18-7-4-5-8-21(18)32-16-6-9-24(28)27-14-12-20(13-15-27)26-25(29)19-10-11-22(30-2)23(17-19)31-3/h4-5,7-8,10-11,17,20H,6,9,12-16H2,1-3H3,(H,26,29). The van der Waals surface area contributed by atoms with Gasteiger partial charge in [-0.3, -0.25) is 9.59 Å². The fourth-order valence-corrected chi connectivity index (χ4v) is 3.80. The van der Waals surface area contributed by atoms with Crippen LogP contribution in [-0.4, -0.2) is 56.7 Å². The number of rotatable bonds is 9. The monoisotopic (exact) mass is 440 g/mol. The maximum Gasteiger partial charge on any atom is 0.251 e. The number of likely N-dealkylation sites (tertiary alicyclic amines) is 1. The minimum Gasteiger partial charge on any atom is -0.493 e. The number of hydrogen-bond donors (Lipinski definition) is 1. The quantitative estimate of drug-likeness (QED) is 0.603. The van der Waals surface area contributed by atoms with Crippen LogP contribution in [0.3, 0.4) is 0 Å². The summed E-state index contributed by atoms with van der Waals surface area (Å²) in [5.74, 6) is 1.96. The molecule has 2 amide bonds. The van der Waals surface area contributed by atoms with Gasteiger partial charge in [0.1, 0.15) is 5.75 Å². The number of benzene rings is 2. The first kappa shape index (κ1) is 23.4. The van der Waals surface area contributed by atoms with Crippen LogP contribution in [-0.2, 0) is 4.79 Å². The van der Waals surface area contributed by atoms with E-state index < -0.39 is 0 Å². The number of methoxy groups -OCH3 is 2. The Morgan fingerprint density at radius 3 is 2.41 bits per heavy atom. The van der Waals surface area contributed by atoms with Crippen LogP contribution in [0.5, 0.6) is 17.2 Å². The number of hydrogen-bond acceptors (Lipinski definition) is 5. The highest BCUT2D eigenvalue weighted by atomic mass is 16.5. The van der Waals surface area contributed by atoms with Gasteiger partial charge in [-0.2, -0.15) is 0 Å². The van der Waals surface area contributed by atoms with Crippen LogP contribution < -0.4 is 19.5 Å². The minimum absolute atomic E-state index is 0.0454. The second kappa shape index (κ2) is 11.4. The van der Waals surface area contributed by atoms with Gasteiger partial charge in [0.25, 0.3) is 5.91 Å². The lowest BCUT2D eigenvalue weighted by Gasteiger charge is -2.32. The highest BCUT2D eigenvalue weighted by Gasteiger charge is 2.24. The molecule has 172 valence electrons. The first-order valence-electron chi connectivity index (χ1n) is 11.0. The number of para-hydroxylation sites is 1. The summed E-state index contributed by atoms with van der Waals surface area (Å²) in [6, 6.07) is 13.0. The largest absolute Gasteiger partial charge is 0.493 e. The summed E-state index contributed by atoms with van der Waals surface area (Å²) in [6.07, 6.45) is 2.63. The molecule has 1 heterocycles. The number of nitrogens with one attached hydrogen (secondary N) is 1.